The molecule has 1 aromatic carbocycles. The summed E-state index contributed by atoms with van der Waals surface area (Å²) < 4.78 is 47.6. The molecule has 0 saturated carbocycles. The van der Waals surface area contributed by atoms with Crippen LogP contribution >= 0.6 is 11.6 Å². The van der Waals surface area contributed by atoms with E-state index in [1.54, 1.807) is 0 Å². The highest BCUT2D eigenvalue weighted by atomic mass is 35.5. The van der Waals surface area contributed by atoms with Crippen LogP contribution in [0, 0.1) is 24.5 Å². The lowest BCUT2D eigenvalue weighted by molar-refractivity contribution is -0.116. The number of phenols is 1. The fourth-order valence-electron chi connectivity index (χ4n) is 6.28. The van der Waals surface area contributed by atoms with Gasteiger partial charge in [0, 0.05) is 62.0 Å². The van der Waals surface area contributed by atoms with Gasteiger partial charge in [0.15, 0.2) is 11.6 Å². The number of aryl methyl sites for hydroxylation is 2. The average molecular weight is 644 g/mol. The van der Waals surface area contributed by atoms with Gasteiger partial charge in [0.2, 0.25) is 17.7 Å². The van der Waals surface area contributed by atoms with E-state index in [0.717, 1.165) is 32.5 Å². The first-order valence-electron chi connectivity index (χ1n) is 14.9. The lowest BCUT2D eigenvalue weighted by Crippen LogP contribution is -2.52. The lowest BCUT2D eigenvalue weighted by Gasteiger charge is -2.40. The number of aromatic hydroxyl groups is 1. The van der Waals surface area contributed by atoms with Crippen molar-refractivity contribution in [2.24, 2.45) is 0 Å². The Morgan fingerprint density at radius 3 is 2.62 bits per heavy atom. The molecule has 0 spiro atoms. The number of halogens is 4. The number of pyridine rings is 1. The molecule has 2 N–H and O–H groups in total. The number of fused-ring (bicyclic) bond motifs is 2. The summed E-state index contributed by atoms with van der Waals surface area (Å²) in [7, 11) is 0. The van der Waals surface area contributed by atoms with Crippen molar-refractivity contribution in [1.29, 1.82) is 0 Å². The van der Waals surface area contributed by atoms with Gasteiger partial charge >= 0.3 is 0 Å². The summed E-state index contributed by atoms with van der Waals surface area (Å²) in [6, 6.07) is 2.82. The number of aromatic nitrogens is 4. The number of piperazine rings is 1. The van der Waals surface area contributed by atoms with E-state index in [2.05, 4.69) is 27.1 Å². The Hall–Kier alpha value is -4.10. The highest BCUT2D eigenvalue weighted by Crippen LogP contribution is 2.36. The first kappa shape index (κ1) is 30.9. The van der Waals surface area contributed by atoms with E-state index in [9.17, 15) is 23.5 Å². The molecule has 1 saturated heterocycles. The second-order valence-electron chi connectivity index (χ2n) is 11.6. The van der Waals surface area contributed by atoms with E-state index in [-0.39, 0.29) is 44.5 Å². The largest absolute Gasteiger partial charge is 0.505 e. The summed E-state index contributed by atoms with van der Waals surface area (Å²) in [5, 5.41) is 12.3. The Morgan fingerprint density at radius 1 is 1.11 bits per heavy atom. The van der Waals surface area contributed by atoms with Crippen molar-refractivity contribution in [3.63, 3.8) is 0 Å². The molecule has 0 radical (unpaired) electrons. The van der Waals surface area contributed by atoms with Crippen molar-refractivity contribution in [3.05, 3.63) is 62.7 Å². The molecular formula is C31H33ClF3N7O3. The molecule has 0 bridgehead atoms. The maximum absolute atomic E-state index is 15.2. The van der Waals surface area contributed by atoms with E-state index in [1.807, 2.05) is 11.8 Å². The predicted molar refractivity (Wildman–Crippen MR) is 165 cm³/mol. The summed E-state index contributed by atoms with van der Waals surface area (Å²) in [4.78, 5) is 40.1. The van der Waals surface area contributed by atoms with E-state index < -0.39 is 41.3 Å². The lowest BCUT2D eigenvalue weighted by atomic mass is 10.0. The molecule has 1 atom stereocenters. The molecule has 0 aliphatic carbocycles. The average Bonchev–Trinajstić information content (AvgIpc) is 3.37. The predicted octanol–water partition coefficient (Wildman–Crippen LogP) is 4.85. The van der Waals surface area contributed by atoms with Crippen molar-refractivity contribution in [2.45, 2.75) is 59.2 Å². The zero-order chi connectivity index (χ0) is 32.2. The van der Waals surface area contributed by atoms with Crippen molar-refractivity contribution in [2.75, 3.05) is 36.4 Å². The Kier molecular flexibility index (Phi) is 8.25. The number of rotatable bonds is 6. The van der Waals surface area contributed by atoms with Crippen molar-refractivity contribution in [3.8, 4) is 16.9 Å². The summed E-state index contributed by atoms with van der Waals surface area (Å²) in [5.74, 6) is -4.27. The van der Waals surface area contributed by atoms with E-state index in [4.69, 9.17) is 11.6 Å². The summed E-state index contributed by atoms with van der Waals surface area (Å²) >= 11 is 6.23. The zero-order valence-electron chi connectivity index (χ0n) is 25.1. The van der Waals surface area contributed by atoms with Gasteiger partial charge < -0.3 is 19.9 Å². The number of nitrogens with one attached hydrogen (secondary N) is 1. The Bertz CT molecular complexity index is 1890. The molecule has 14 heteroatoms. The number of amides is 1. The number of hydrogen-bond acceptors (Lipinski definition) is 7. The molecule has 2 aliphatic heterocycles. The summed E-state index contributed by atoms with van der Waals surface area (Å²) in [6.45, 7) is 8.61. The minimum absolute atomic E-state index is 0.0207. The Morgan fingerprint density at radius 2 is 1.89 bits per heavy atom. The van der Waals surface area contributed by atoms with Crippen LogP contribution < -0.4 is 15.8 Å². The van der Waals surface area contributed by atoms with Gasteiger partial charge in [0.05, 0.1) is 11.1 Å². The number of hydrogen-bond donors (Lipinski definition) is 2. The summed E-state index contributed by atoms with van der Waals surface area (Å²) in [6.07, 6.45) is 3.49. The van der Waals surface area contributed by atoms with E-state index >= 15 is 4.39 Å². The van der Waals surface area contributed by atoms with Gasteiger partial charge in [-0.05, 0) is 44.9 Å². The Balaban J connectivity index is 1.38. The maximum Gasteiger partial charge on any atom is 0.263 e. The molecule has 1 amide bonds. The monoisotopic (exact) mass is 643 g/mol. The van der Waals surface area contributed by atoms with E-state index in [0.29, 0.717) is 31.2 Å². The molecule has 0 unspecified atom stereocenters. The van der Waals surface area contributed by atoms with Crippen LogP contribution in [0.3, 0.4) is 0 Å². The van der Waals surface area contributed by atoms with Gasteiger partial charge in [-0.1, -0.05) is 18.5 Å². The van der Waals surface area contributed by atoms with E-state index in [1.165, 1.54) is 34.4 Å². The molecule has 2 aliphatic rings. The standard InChI is InChI=1S/C31H33ClF3N7O3/c1-4-39-9-10-41(17(3)13-39)22-12-20(25(32)29(35)37-22)36-23(43)15-40-14-19(18-11-16(2)28(44)27(34)26(18)33)24-30(40)38-21-7-5-6-8-42(21)31(24)45/h11-12,14,17,44H,4-10,13,15H2,1-3H3,(H,36,37,43)/t17-/m0/s1. The van der Waals surface area contributed by atoms with Gasteiger partial charge in [-0.15, -0.1) is 0 Å². The molecule has 4 aromatic rings. The topological polar surface area (TPSA) is 109 Å². The van der Waals surface area contributed by atoms with Crippen molar-refractivity contribution >= 4 is 40.0 Å². The smallest absolute Gasteiger partial charge is 0.263 e. The number of benzene rings is 1. The van der Waals surface area contributed by atoms with Gasteiger partial charge in [-0.25, -0.2) is 14.4 Å². The molecule has 238 valence electrons. The third kappa shape index (κ3) is 5.52. The number of phenolic OH excluding ortho intramolecular Hbond substituents is 1. The molecule has 3 aromatic heterocycles. The molecule has 10 nitrogen and oxygen atoms in total. The number of carbonyl (C=O) groups excluding carboxylic acids is 1. The fraction of sp³-hybridized carbons (Fsp3) is 0.419. The van der Waals surface area contributed by atoms with Crippen LogP contribution in [0.4, 0.5) is 24.7 Å². The molecular weight excluding hydrogens is 611 g/mol. The maximum atomic E-state index is 15.2. The van der Waals surface area contributed by atoms with Crippen LogP contribution in [0.25, 0.3) is 22.2 Å². The molecule has 6 rings (SSSR count). The highest BCUT2D eigenvalue weighted by molar-refractivity contribution is 6.33. The van der Waals surface area contributed by atoms with Crippen LogP contribution in [0.2, 0.25) is 5.02 Å². The number of nitrogens with zero attached hydrogens (tertiary/aromatic N) is 6. The number of carbonyl (C=O) groups is 1. The van der Waals surface area contributed by atoms with Crippen LogP contribution in [-0.2, 0) is 24.3 Å². The Labute approximate surface area is 262 Å². The van der Waals surface area contributed by atoms with Gasteiger partial charge in [0.25, 0.3) is 5.56 Å². The summed E-state index contributed by atoms with van der Waals surface area (Å²) in [5.41, 5.74) is -0.424. The van der Waals surface area contributed by atoms with Crippen molar-refractivity contribution < 1.29 is 23.1 Å². The van der Waals surface area contributed by atoms with Gasteiger partial charge in [-0.3, -0.25) is 19.1 Å². The third-order valence-corrected chi connectivity index (χ3v) is 9.05. The second kappa shape index (κ2) is 12.0. The minimum atomic E-state index is -1.44. The SMILES string of the molecule is CCN1CCN(c2cc(NC(=O)Cn3cc(-c4cc(C)c(O)c(F)c4F)c4c(=O)n5c(nc43)CCCC5)c(Cl)c(F)n2)[C@@H](C)C1. The zero-order valence-corrected chi connectivity index (χ0v) is 25.9. The number of likely N-dealkylation sites (N-methyl/N-ethyl adjacent to an activating group) is 1. The minimum Gasteiger partial charge on any atom is -0.505 e. The van der Waals surface area contributed by atoms with Crippen LogP contribution in [0.1, 0.15) is 38.1 Å². The molecule has 5 heterocycles. The van der Waals surface area contributed by atoms with Crippen LogP contribution in [0.5, 0.6) is 5.75 Å². The van der Waals surface area contributed by atoms with Gasteiger partial charge in [0.1, 0.15) is 28.9 Å². The third-order valence-electron chi connectivity index (χ3n) is 8.69. The first-order valence-corrected chi connectivity index (χ1v) is 15.3. The number of anilines is 2. The van der Waals surface area contributed by atoms with Crippen LogP contribution in [0.15, 0.2) is 23.1 Å². The second-order valence-corrected chi connectivity index (χ2v) is 12.0. The first-order chi connectivity index (χ1) is 21.5. The normalized spacial score (nSPS) is 17.1. The van der Waals surface area contributed by atoms with Crippen molar-refractivity contribution in [1.82, 2.24) is 24.0 Å². The molecule has 1 fully saturated rings. The fourth-order valence-corrected chi connectivity index (χ4v) is 6.42. The van der Waals surface area contributed by atoms with Crippen LogP contribution in [-0.4, -0.2) is 67.2 Å². The molecule has 45 heavy (non-hydrogen) atoms. The quantitative estimate of drug-likeness (QED) is 0.289. The van der Waals surface area contributed by atoms with Gasteiger partial charge in [-0.2, -0.15) is 8.78 Å². The highest BCUT2D eigenvalue weighted by Gasteiger charge is 2.28.